The minimum Gasteiger partial charge on any atom is -0.508 e. The maximum Gasteiger partial charge on any atom is 0.115 e. The molecule has 1 heteroatoms. The first-order valence-electron chi connectivity index (χ1n) is 10.9. The summed E-state index contributed by atoms with van der Waals surface area (Å²) in [6.07, 6.45) is 15.4. The molecule has 138 valence electrons. The van der Waals surface area contributed by atoms with Gasteiger partial charge in [-0.05, 0) is 97.3 Å². The number of phenols is 1. The van der Waals surface area contributed by atoms with Crippen molar-refractivity contribution in [3.8, 4) is 5.75 Å². The Morgan fingerprint density at radius 2 is 1.96 bits per heavy atom. The van der Waals surface area contributed by atoms with Crippen LogP contribution in [0, 0.1) is 23.2 Å². The quantitative estimate of drug-likeness (QED) is 0.582. The van der Waals surface area contributed by atoms with Crippen LogP contribution in [0.3, 0.4) is 0 Å². The van der Waals surface area contributed by atoms with Crippen molar-refractivity contribution >= 4 is 0 Å². The van der Waals surface area contributed by atoms with E-state index < -0.39 is 0 Å². The minimum atomic E-state index is 0.450. The fourth-order valence-electron chi connectivity index (χ4n) is 6.97. The molecule has 0 bridgehead atoms. The molecule has 4 rings (SSSR count). The van der Waals surface area contributed by atoms with E-state index in [-0.39, 0.29) is 0 Å². The minimum absolute atomic E-state index is 0.450. The van der Waals surface area contributed by atoms with Crippen molar-refractivity contribution in [1.29, 1.82) is 0 Å². The van der Waals surface area contributed by atoms with Gasteiger partial charge in [-0.25, -0.2) is 0 Å². The van der Waals surface area contributed by atoms with Crippen LogP contribution < -0.4 is 0 Å². The summed E-state index contributed by atoms with van der Waals surface area (Å²) in [5.74, 6) is 4.05. The monoisotopic (exact) mass is 340 g/mol. The lowest BCUT2D eigenvalue weighted by Crippen LogP contribution is -2.42. The molecule has 3 aliphatic rings. The van der Waals surface area contributed by atoms with Gasteiger partial charge in [0.1, 0.15) is 5.75 Å². The van der Waals surface area contributed by atoms with Crippen LogP contribution in [0.2, 0.25) is 0 Å². The predicted molar refractivity (Wildman–Crippen MR) is 105 cm³/mol. The zero-order chi connectivity index (χ0) is 17.4. The highest BCUT2D eigenvalue weighted by Crippen LogP contribution is 2.63. The number of unbranched alkanes of at least 4 members (excludes halogenated alkanes) is 3. The van der Waals surface area contributed by atoms with E-state index in [0.29, 0.717) is 11.2 Å². The van der Waals surface area contributed by atoms with E-state index in [1.165, 1.54) is 76.2 Å². The fourth-order valence-corrected chi connectivity index (χ4v) is 6.97. The van der Waals surface area contributed by atoms with Crippen molar-refractivity contribution < 1.29 is 5.11 Å². The van der Waals surface area contributed by atoms with Crippen LogP contribution in [0.1, 0.15) is 95.1 Å². The molecule has 0 aromatic heterocycles. The Kier molecular flexibility index (Phi) is 4.86. The molecule has 1 aromatic carbocycles. The second-order valence-electron chi connectivity index (χ2n) is 9.47. The standard InChI is InChI=1S/C24H36O/c1-3-4-5-6-7-18-9-13-23-22-11-8-17-16-19(25)10-12-20(17)21(22)14-15-24(18,23)2/h10,12,16,18,21-23,25H,3-9,11,13-15H2,1-2H3/t18-,21+,22+,23-,24+/m0/s1. The lowest BCUT2D eigenvalue weighted by atomic mass is 9.54. The third-order valence-electron chi connectivity index (χ3n) is 8.31. The van der Waals surface area contributed by atoms with Crippen LogP contribution in [-0.2, 0) is 6.42 Å². The second-order valence-corrected chi connectivity index (χ2v) is 9.47. The van der Waals surface area contributed by atoms with E-state index in [1.807, 2.05) is 12.1 Å². The summed E-state index contributed by atoms with van der Waals surface area (Å²) in [6.45, 7) is 4.96. The Morgan fingerprint density at radius 1 is 1.08 bits per heavy atom. The molecule has 3 aliphatic carbocycles. The second kappa shape index (κ2) is 6.97. The van der Waals surface area contributed by atoms with Crippen molar-refractivity contribution in [2.45, 2.75) is 90.4 Å². The molecular formula is C24H36O. The number of aromatic hydroxyl groups is 1. The Labute approximate surface area is 154 Å². The highest BCUT2D eigenvalue weighted by molar-refractivity contribution is 5.40. The molecule has 0 amide bonds. The van der Waals surface area contributed by atoms with Gasteiger partial charge in [0.15, 0.2) is 0 Å². The van der Waals surface area contributed by atoms with E-state index in [2.05, 4.69) is 19.9 Å². The van der Waals surface area contributed by atoms with Crippen LogP contribution in [0.25, 0.3) is 0 Å². The summed E-state index contributed by atoms with van der Waals surface area (Å²) in [5.41, 5.74) is 3.61. The zero-order valence-electron chi connectivity index (χ0n) is 16.3. The van der Waals surface area contributed by atoms with Crippen molar-refractivity contribution in [2.75, 3.05) is 0 Å². The molecule has 0 heterocycles. The molecular weight excluding hydrogens is 304 g/mol. The molecule has 1 aromatic rings. The normalized spacial score (nSPS) is 36.6. The molecule has 1 N–H and O–H groups in total. The Morgan fingerprint density at radius 3 is 2.80 bits per heavy atom. The van der Waals surface area contributed by atoms with Gasteiger partial charge in [-0.15, -0.1) is 0 Å². The van der Waals surface area contributed by atoms with Gasteiger partial charge in [0.05, 0.1) is 0 Å². The predicted octanol–water partition coefficient (Wildman–Crippen LogP) is 6.83. The van der Waals surface area contributed by atoms with Gasteiger partial charge >= 0.3 is 0 Å². The number of phenolic OH excluding ortho intramolecular Hbond substituents is 1. The average molecular weight is 341 g/mol. The van der Waals surface area contributed by atoms with Gasteiger partial charge in [0.25, 0.3) is 0 Å². The van der Waals surface area contributed by atoms with Crippen molar-refractivity contribution in [3.63, 3.8) is 0 Å². The van der Waals surface area contributed by atoms with Crippen LogP contribution in [0.5, 0.6) is 5.75 Å². The lowest BCUT2D eigenvalue weighted by molar-refractivity contribution is 0.0251. The van der Waals surface area contributed by atoms with E-state index in [4.69, 9.17) is 0 Å². The first kappa shape index (κ1) is 17.4. The first-order chi connectivity index (χ1) is 12.1. The third-order valence-corrected chi connectivity index (χ3v) is 8.31. The average Bonchev–Trinajstić information content (AvgIpc) is 2.95. The highest BCUT2D eigenvalue weighted by Gasteiger charge is 2.54. The summed E-state index contributed by atoms with van der Waals surface area (Å²) in [4.78, 5) is 0. The van der Waals surface area contributed by atoms with Gasteiger partial charge in [-0.1, -0.05) is 45.6 Å². The fraction of sp³-hybridized carbons (Fsp3) is 0.750. The number of fused-ring (bicyclic) bond motifs is 5. The van der Waals surface area contributed by atoms with Crippen LogP contribution >= 0.6 is 0 Å². The summed E-state index contributed by atoms with van der Waals surface area (Å²) in [7, 11) is 0. The number of hydrogen-bond acceptors (Lipinski definition) is 1. The Hall–Kier alpha value is -0.980. The first-order valence-corrected chi connectivity index (χ1v) is 10.9. The number of rotatable bonds is 5. The molecule has 0 radical (unpaired) electrons. The summed E-state index contributed by atoms with van der Waals surface area (Å²) < 4.78 is 0. The number of hydrogen-bond donors (Lipinski definition) is 1. The molecule has 25 heavy (non-hydrogen) atoms. The maximum atomic E-state index is 9.83. The summed E-state index contributed by atoms with van der Waals surface area (Å²) in [6, 6.07) is 6.19. The third kappa shape index (κ3) is 3.02. The van der Waals surface area contributed by atoms with Crippen molar-refractivity contribution in [1.82, 2.24) is 0 Å². The van der Waals surface area contributed by atoms with E-state index in [1.54, 1.807) is 5.56 Å². The van der Waals surface area contributed by atoms with Gasteiger partial charge in [-0.3, -0.25) is 0 Å². The van der Waals surface area contributed by atoms with Crippen LogP contribution in [0.15, 0.2) is 18.2 Å². The van der Waals surface area contributed by atoms with E-state index in [9.17, 15) is 5.11 Å². The van der Waals surface area contributed by atoms with Crippen molar-refractivity contribution in [3.05, 3.63) is 29.3 Å². The van der Waals surface area contributed by atoms with E-state index in [0.717, 1.165) is 23.7 Å². The van der Waals surface area contributed by atoms with Crippen LogP contribution in [0.4, 0.5) is 0 Å². The SMILES string of the molecule is CCCCCC[C@H]1CC[C@H]2[C@@H]3CCc4cc(O)ccc4[C@H]3CC[C@]12C. The molecule has 5 atom stereocenters. The molecule has 0 unspecified atom stereocenters. The Bertz CT molecular complexity index is 606. The van der Waals surface area contributed by atoms with Gasteiger partial charge in [0.2, 0.25) is 0 Å². The topological polar surface area (TPSA) is 20.2 Å². The number of aryl methyl sites for hydroxylation is 1. The lowest BCUT2D eigenvalue weighted by Gasteiger charge is -2.51. The van der Waals surface area contributed by atoms with Crippen LogP contribution in [-0.4, -0.2) is 5.11 Å². The molecule has 0 aliphatic heterocycles. The van der Waals surface area contributed by atoms with E-state index >= 15 is 0 Å². The molecule has 2 saturated carbocycles. The smallest absolute Gasteiger partial charge is 0.115 e. The molecule has 0 spiro atoms. The largest absolute Gasteiger partial charge is 0.508 e. The van der Waals surface area contributed by atoms with Gasteiger partial charge < -0.3 is 5.11 Å². The molecule has 2 fully saturated rings. The highest BCUT2D eigenvalue weighted by atomic mass is 16.3. The maximum absolute atomic E-state index is 9.83. The Balaban J connectivity index is 1.49. The van der Waals surface area contributed by atoms with Gasteiger partial charge in [-0.2, -0.15) is 0 Å². The summed E-state index contributed by atoms with van der Waals surface area (Å²) in [5, 5.41) is 9.83. The van der Waals surface area contributed by atoms with Crippen molar-refractivity contribution in [2.24, 2.45) is 23.2 Å². The number of benzene rings is 1. The molecule has 1 nitrogen and oxygen atoms in total. The molecule has 0 saturated heterocycles. The zero-order valence-corrected chi connectivity index (χ0v) is 16.3. The summed E-state index contributed by atoms with van der Waals surface area (Å²) >= 11 is 0. The van der Waals surface area contributed by atoms with Gasteiger partial charge in [0, 0.05) is 0 Å².